The van der Waals surface area contributed by atoms with Gasteiger partial charge in [0.1, 0.15) is 5.75 Å². The van der Waals surface area contributed by atoms with Gasteiger partial charge in [0, 0.05) is 18.2 Å². The molecular weight excluding hydrogens is 414 g/mol. The van der Waals surface area contributed by atoms with Crippen molar-refractivity contribution in [2.24, 2.45) is 5.92 Å². The van der Waals surface area contributed by atoms with Gasteiger partial charge in [-0.15, -0.1) is 0 Å². The molecule has 0 aliphatic heterocycles. The third kappa shape index (κ3) is 6.68. The van der Waals surface area contributed by atoms with Gasteiger partial charge in [-0.3, -0.25) is 9.69 Å². The van der Waals surface area contributed by atoms with Gasteiger partial charge in [-0.1, -0.05) is 62.7 Å². The number of hydrogen-bond acceptors (Lipinski definition) is 5. The van der Waals surface area contributed by atoms with Crippen molar-refractivity contribution >= 4 is 5.91 Å². The van der Waals surface area contributed by atoms with E-state index in [0.29, 0.717) is 24.8 Å². The van der Waals surface area contributed by atoms with Gasteiger partial charge >= 0.3 is 0 Å². The molecule has 0 unspecified atom stereocenters. The molecule has 0 saturated heterocycles. The molecule has 6 nitrogen and oxygen atoms in total. The van der Waals surface area contributed by atoms with Crippen molar-refractivity contribution in [2.75, 3.05) is 26.2 Å². The van der Waals surface area contributed by atoms with Crippen LogP contribution in [0.4, 0.5) is 0 Å². The van der Waals surface area contributed by atoms with E-state index < -0.39 is 0 Å². The fourth-order valence-electron chi connectivity index (χ4n) is 3.69. The van der Waals surface area contributed by atoms with E-state index in [4.69, 9.17) is 9.26 Å². The summed E-state index contributed by atoms with van der Waals surface area (Å²) in [6.07, 6.45) is 0. The first-order chi connectivity index (χ1) is 15.9. The monoisotopic (exact) mass is 449 g/mol. The van der Waals surface area contributed by atoms with Crippen molar-refractivity contribution in [1.82, 2.24) is 15.4 Å². The number of nitrogens with one attached hydrogen (secondary N) is 1. The molecular formula is C27H35N3O3. The van der Waals surface area contributed by atoms with E-state index in [1.165, 1.54) is 11.1 Å². The summed E-state index contributed by atoms with van der Waals surface area (Å²) < 4.78 is 11.2. The summed E-state index contributed by atoms with van der Waals surface area (Å²) in [5, 5.41) is 7.03. The third-order valence-corrected chi connectivity index (χ3v) is 5.64. The fraction of sp³-hybridized carbons (Fsp3) is 0.407. The number of benzene rings is 2. The minimum atomic E-state index is -0.244. The van der Waals surface area contributed by atoms with Crippen LogP contribution in [0.25, 0.3) is 11.3 Å². The zero-order valence-corrected chi connectivity index (χ0v) is 20.3. The number of carbonyl (C=O) groups is 1. The average molecular weight is 450 g/mol. The molecule has 0 bridgehead atoms. The van der Waals surface area contributed by atoms with Crippen LogP contribution in [0.1, 0.15) is 55.4 Å². The Balaban J connectivity index is 1.66. The van der Waals surface area contributed by atoms with Crippen molar-refractivity contribution in [3.63, 3.8) is 0 Å². The second kappa shape index (κ2) is 11.7. The van der Waals surface area contributed by atoms with Gasteiger partial charge in [0.15, 0.2) is 11.5 Å². The molecule has 2 aromatic carbocycles. The smallest absolute Gasteiger partial charge is 0.273 e. The minimum absolute atomic E-state index is 0.0919. The molecule has 176 valence electrons. The minimum Gasteiger partial charge on any atom is -0.493 e. The number of nitrogens with zero attached hydrogens (tertiary/aromatic N) is 2. The predicted octanol–water partition coefficient (Wildman–Crippen LogP) is 5.50. The Morgan fingerprint density at radius 1 is 1.06 bits per heavy atom. The molecule has 3 aromatic rings. The fourth-order valence-corrected chi connectivity index (χ4v) is 3.69. The first-order valence-corrected chi connectivity index (χ1v) is 11.7. The number of rotatable bonds is 11. The van der Waals surface area contributed by atoms with Crippen LogP contribution in [0, 0.1) is 12.8 Å². The molecule has 33 heavy (non-hydrogen) atoms. The van der Waals surface area contributed by atoms with Crippen LogP contribution in [0.5, 0.6) is 5.75 Å². The first kappa shape index (κ1) is 24.5. The zero-order valence-electron chi connectivity index (χ0n) is 20.3. The highest BCUT2D eigenvalue weighted by Gasteiger charge is 2.21. The quantitative estimate of drug-likeness (QED) is 0.419. The second-order valence-electron chi connectivity index (χ2n) is 8.66. The summed E-state index contributed by atoms with van der Waals surface area (Å²) in [7, 11) is 0. The highest BCUT2D eigenvalue weighted by molar-refractivity contribution is 5.93. The average Bonchev–Trinajstić information content (AvgIpc) is 3.32. The Morgan fingerprint density at radius 2 is 1.73 bits per heavy atom. The molecule has 1 aromatic heterocycles. The number of aryl methyl sites for hydroxylation is 1. The standard InChI is InChI=1S/C27H35N3O3/c1-6-30(7-2)25(21-10-8-20(5)9-11-21)17-28-27(31)24-16-26(33-29-24)22-12-14-23(15-13-22)32-18-19(3)4/h8-16,19,25H,6-7,17-18H2,1-5H3,(H,28,31)/t25-/m1/s1. The van der Waals surface area contributed by atoms with Crippen LogP contribution in [0.2, 0.25) is 0 Å². The largest absolute Gasteiger partial charge is 0.493 e. The van der Waals surface area contributed by atoms with E-state index in [9.17, 15) is 4.79 Å². The normalized spacial score (nSPS) is 12.2. The van der Waals surface area contributed by atoms with Crippen molar-refractivity contribution < 1.29 is 14.1 Å². The van der Waals surface area contributed by atoms with Gasteiger partial charge < -0.3 is 14.6 Å². The molecule has 1 atom stereocenters. The highest BCUT2D eigenvalue weighted by atomic mass is 16.5. The van der Waals surface area contributed by atoms with Crippen LogP contribution >= 0.6 is 0 Å². The Hall–Kier alpha value is -3.12. The van der Waals surface area contributed by atoms with Crippen molar-refractivity contribution in [3.8, 4) is 17.1 Å². The second-order valence-corrected chi connectivity index (χ2v) is 8.66. The third-order valence-electron chi connectivity index (χ3n) is 5.64. The molecule has 0 radical (unpaired) electrons. The van der Waals surface area contributed by atoms with Gasteiger partial charge in [0.2, 0.25) is 0 Å². The molecule has 0 saturated carbocycles. The van der Waals surface area contributed by atoms with Crippen LogP contribution in [0.15, 0.2) is 59.1 Å². The van der Waals surface area contributed by atoms with E-state index in [1.807, 2.05) is 24.3 Å². The summed E-state index contributed by atoms with van der Waals surface area (Å²) in [4.78, 5) is 15.1. The number of amides is 1. The van der Waals surface area contributed by atoms with Crippen LogP contribution < -0.4 is 10.1 Å². The molecule has 1 N–H and O–H groups in total. The van der Waals surface area contributed by atoms with E-state index in [2.05, 4.69) is 74.3 Å². The first-order valence-electron chi connectivity index (χ1n) is 11.7. The summed E-state index contributed by atoms with van der Waals surface area (Å²) in [6.45, 7) is 13.5. The van der Waals surface area contributed by atoms with Gasteiger partial charge in [-0.05, 0) is 55.8 Å². The van der Waals surface area contributed by atoms with Gasteiger partial charge in [-0.2, -0.15) is 0 Å². The van der Waals surface area contributed by atoms with Crippen LogP contribution in [0.3, 0.4) is 0 Å². The van der Waals surface area contributed by atoms with Crippen LogP contribution in [-0.2, 0) is 0 Å². The lowest BCUT2D eigenvalue weighted by molar-refractivity contribution is 0.0926. The summed E-state index contributed by atoms with van der Waals surface area (Å²) >= 11 is 0. The summed E-state index contributed by atoms with van der Waals surface area (Å²) in [6, 6.07) is 17.9. The topological polar surface area (TPSA) is 67.6 Å². The Kier molecular flexibility index (Phi) is 8.66. The molecule has 1 amide bonds. The van der Waals surface area contributed by atoms with E-state index >= 15 is 0 Å². The molecule has 0 aliphatic rings. The molecule has 1 heterocycles. The Morgan fingerprint density at radius 3 is 2.33 bits per heavy atom. The summed E-state index contributed by atoms with van der Waals surface area (Å²) in [5.74, 6) is 1.58. The predicted molar refractivity (Wildman–Crippen MR) is 131 cm³/mol. The molecule has 3 rings (SSSR count). The van der Waals surface area contributed by atoms with Gasteiger partial charge in [-0.25, -0.2) is 0 Å². The Bertz CT molecular complexity index is 1010. The lowest BCUT2D eigenvalue weighted by Crippen LogP contribution is -2.38. The molecule has 0 spiro atoms. The lowest BCUT2D eigenvalue weighted by Gasteiger charge is -2.30. The maximum absolute atomic E-state index is 12.8. The molecule has 0 aliphatic carbocycles. The highest BCUT2D eigenvalue weighted by Crippen LogP contribution is 2.24. The van der Waals surface area contributed by atoms with E-state index in [1.54, 1.807) is 6.07 Å². The number of ether oxygens (including phenoxy) is 1. The zero-order chi connectivity index (χ0) is 23.8. The molecule has 0 fully saturated rings. The van der Waals surface area contributed by atoms with Crippen LogP contribution in [-0.4, -0.2) is 42.2 Å². The van der Waals surface area contributed by atoms with Crippen molar-refractivity contribution in [3.05, 3.63) is 71.4 Å². The number of likely N-dealkylation sites (N-methyl/N-ethyl adjacent to an activating group) is 1. The maximum atomic E-state index is 12.8. The Labute approximate surface area is 196 Å². The van der Waals surface area contributed by atoms with E-state index in [-0.39, 0.29) is 17.6 Å². The van der Waals surface area contributed by atoms with E-state index in [0.717, 1.165) is 24.4 Å². The molecule has 6 heteroatoms. The van der Waals surface area contributed by atoms with Gasteiger partial charge in [0.05, 0.1) is 12.6 Å². The van der Waals surface area contributed by atoms with Gasteiger partial charge in [0.25, 0.3) is 5.91 Å². The van der Waals surface area contributed by atoms with Crippen molar-refractivity contribution in [1.29, 1.82) is 0 Å². The van der Waals surface area contributed by atoms with Crippen molar-refractivity contribution in [2.45, 2.75) is 40.7 Å². The number of aromatic nitrogens is 1. The SMILES string of the molecule is CCN(CC)[C@H](CNC(=O)c1cc(-c2ccc(OCC(C)C)cc2)on1)c1ccc(C)cc1. The maximum Gasteiger partial charge on any atom is 0.273 e. The number of hydrogen-bond donors (Lipinski definition) is 1. The summed E-state index contributed by atoms with van der Waals surface area (Å²) in [5.41, 5.74) is 3.52. The lowest BCUT2D eigenvalue weighted by atomic mass is 10.0. The number of carbonyl (C=O) groups excluding carboxylic acids is 1.